The smallest absolute Gasteiger partial charge is 0.137 e. The summed E-state index contributed by atoms with van der Waals surface area (Å²) in [5, 5.41) is 20.9. The normalized spacial score (nSPS) is 17.4. The van der Waals surface area contributed by atoms with E-state index in [0.717, 1.165) is 36.1 Å². The number of ether oxygens (including phenoxy) is 1. The van der Waals surface area contributed by atoms with Crippen LogP contribution in [0.1, 0.15) is 40.3 Å². The molecule has 2 atom stereocenters. The van der Waals surface area contributed by atoms with Crippen LogP contribution in [0.2, 0.25) is 0 Å². The molecule has 0 heterocycles. The molecule has 0 fully saturated rings. The van der Waals surface area contributed by atoms with Gasteiger partial charge in [0, 0.05) is 12.6 Å². The molecule has 3 aromatic rings. The van der Waals surface area contributed by atoms with Crippen molar-refractivity contribution in [1.82, 2.24) is 4.90 Å². The van der Waals surface area contributed by atoms with E-state index >= 15 is 0 Å². The number of benzene rings is 3. The first kappa shape index (κ1) is 22.8. The van der Waals surface area contributed by atoms with Crippen LogP contribution < -0.4 is 4.74 Å². The van der Waals surface area contributed by atoms with Crippen LogP contribution in [0, 0.1) is 11.3 Å². The molecule has 1 aliphatic carbocycles. The highest BCUT2D eigenvalue weighted by Crippen LogP contribution is 2.38. The fraction of sp³-hybridized carbons (Fsp3) is 0.269. The number of fused-ring (bicyclic) bond motifs is 1. The summed E-state index contributed by atoms with van der Waals surface area (Å²) < 4.78 is 5.95. The lowest BCUT2D eigenvalue weighted by Gasteiger charge is -2.37. The van der Waals surface area contributed by atoms with Crippen molar-refractivity contribution < 1.29 is 9.84 Å². The van der Waals surface area contributed by atoms with E-state index in [1.165, 1.54) is 5.56 Å². The lowest BCUT2D eigenvalue weighted by molar-refractivity contribution is 0.0461. The topological polar surface area (TPSA) is 56.5 Å². The standard InChI is InChI=1S/C26H26N2O2.ClH/c1-28(17-19-8-4-2-5-9-19)24-14-12-21-22(26(24)29)13-15-25(23(21)16-27)30-18-20-10-6-3-7-11-20;/h2-11,13,15,24,26,29H,12,14,17-18H2,1H3;1H/t24-,26+;/m1./s1. The molecule has 0 aliphatic heterocycles. The first-order valence-corrected chi connectivity index (χ1v) is 10.3. The minimum absolute atomic E-state index is 0. The number of aliphatic hydroxyl groups excluding tert-OH is 1. The summed E-state index contributed by atoms with van der Waals surface area (Å²) in [4.78, 5) is 2.20. The number of nitrogens with zero attached hydrogens (tertiary/aromatic N) is 2. The molecule has 4 nitrogen and oxygen atoms in total. The summed E-state index contributed by atoms with van der Waals surface area (Å²) in [7, 11) is 2.05. The molecule has 0 aromatic heterocycles. The van der Waals surface area contributed by atoms with Crippen LogP contribution in [0.15, 0.2) is 72.8 Å². The summed E-state index contributed by atoms with van der Waals surface area (Å²) in [6.45, 7) is 1.20. The van der Waals surface area contributed by atoms with Gasteiger partial charge in [0.05, 0.1) is 11.7 Å². The first-order valence-electron chi connectivity index (χ1n) is 10.3. The minimum atomic E-state index is -0.627. The van der Waals surface area contributed by atoms with Crippen molar-refractivity contribution in [3.8, 4) is 11.8 Å². The average Bonchev–Trinajstić information content (AvgIpc) is 2.78. The van der Waals surface area contributed by atoms with Crippen LogP contribution in [0.4, 0.5) is 0 Å². The largest absolute Gasteiger partial charge is 0.488 e. The minimum Gasteiger partial charge on any atom is -0.488 e. The monoisotopic (exact) mass is 434 g/mol. The Morgan fingerprint density at radius 1 is 1.00 bits per heavy atom. The van der Waals surface area contributed by atoms with Crippen LogP contribution in [-0.2, 0) is 19.6 Å². The van der Waals surface area contributed by atoms with Gasteiger partial charge in [0.1, 0.15) is 18.4 Å². The molecule has 0 spiro atoms. The van der Waals surface area contributed by atoms with Gasteiger partial charge >= 0.3 is 0 Å². The van der Waals surface area contributed by atoms with Crippen LogP contribution in [0.25, 0.3) is 0 Å². The van der Waals surface area contributed by atoms with Gasteiger partial charge in [-0.25, -0.2) is 0 Å². The Morgan fingerprint density at radius 3 is 2.29 bits per heavy atom. The van der Waals surface area contributed by atoms with Gasteiger partial charge in [-0.15, -0.1) is 12.4 Å². The molecule has 31 heavy (non-hydrogen) atoms. The van der Waals surface area contributed by atoms with Crippen molar-refractivity contribution in [2.45, 2.75) is 38.1 Å². The Hall–Kier alpha value is -2.84. The third-order valence-electron chi connectivity index (χ3n) is 5.87. The van der Waals surface area contributed by atoms with Crippen LogP contribution in [0.3, 0.4) is 0 Å². The van der Waals surface area contributed by atoms with Gasteiger partial charge in [-0.2, -0.15) is 5.26 Å². The Labute approximate surface area is 190 Å². The highest BCUT2D eigenvalue weighted by molar-refractivity contribution is 5.85. The first-order chi connectivity index (χ1) is 14.7. The van der Waals surface area contributed by atoms with Gasteiger partial charge in [0.2, 0.25) is 0 Å². The van der Waals surface area contributed by atoms with Crippen molar-refractivity contribution in [2.75, 3.05) is 7.05 Å². The van der Waals surface area contributed by atoms with Crippen LogP contribution in [-0.4, -0.2) is 23.1 Å². The summed E-state index contributed by atoms with van der Waals surface area (Å²) in [6, 6.07) is 26.3. The predicted octanol–water partition coefficient (Wildman–Crippen LogP) is 5.04. The number of hydrogen-bond acceptors (Lipinski definition) is 4. The molecule has 1 aliphatic rings. The Kier molecular flexibility index (Phi) is 7.70. The lowest BCUT2D eigenvalue weighted by atomic mass is 9.82. The second-order valence-electron chi connectivity index (χ2n) is 7.84. The zero-order chi connectivity index (χ0) is 20.9. The molecule has 3 aromatic carbocycles. The maximum atomic E-state index is 11.1. The van der Waals surface area contributed by atoms with Crippen LogP contribution in [0.5, 0.6) is 5.75 Å². The van der Waals surface area contributed by atoms with E-state index in [2.05, 4.69) is 30.1 Å². The van der Waals surface area contributed by atoms with Gasteiger partial charge in [-0.05, 0) is 48.2 Å². The molecular weight excluding hydrogens is 408 g/mol. The third kappa shape index (κ3) is 5.08. The SMILES string of the molecule is CN(Cc1ccccc1)[C@@H]1CCc2c(ccc(OCc3ccccc3)c2C#N)[C@@H]1O.Cl. The number of halogens is 1. The molecule has 160 valence electrons. The van der Waals surface area contributed by atoms with E-state index in [0.29, 0.717) is 17.9 Å². The quantitative estimate of drug-likeness (QED) is 0.590. The van der Waals surface area contributed by atoms with Gasteiger partial charge in [-0.1, -0.05) is 66.7 Å². The number of likely N-dealkylation sites (N-methyl/N-ethyl adjacent to an activating group) is 1. The van der Waals surface area contributed by atoms with Gasteiger partial charge in [0.25, 0.3) is 0 Å². The van der Waals surface area contributed by atoms with Crippen molar-refractivity contribution >= 4 is 12.4 Å². The van der Waals surface area contributed by atoms with Gasteiger partial charge in [-0.3, -0.25) is 4.90 Å². The van der Waals surface area contributed by atoms with Crippen molar-refractivity contribution in [2.24, 2.45) is 0 Å². The number of rotatable bonds is 6. The molecule has 0 saturated carbocycles. The van der Waals surface area contributed by atoms with E-state index in [4.69, 9.17) is 4.74 Å². The maximum Gasteiger partial charge on any atom is 0.137 e. The number of nitriles is 1. The number of hydrogen-bond donors (Lipinski definition) is 1. The molecule has 0 saturated heterocycles. The van der Waals surface area contributed by atoms with Crippen molar-refractivity contribution in [3.63, 3.8) is 0 Å². The van der Waals surface area contributed by atoms with Gasteiger partial charge in [0.15, 0.2) is 0 Å². The summed E-state index contributed by atoms with van der Waals surface area (Å²) in [5.41, 5.74) is 4.59. The van der Waals surface area contributed by atoms with E-state index in [-0.39, 0.29) is 18.4 Å². The Bertz CT molecular complexity index is 1030. The highest BCUT2D eigenvalue weighted by atomic mass is 35.5. The number of aliphatic hydroxyl groups is 1. The Balaban J connectivity index is 0.00000272. The highest BCUT2D eigenvalue weighted by Gasteiger charge is 2.33. The van der Waals surface area contributed by atoms with E-state index in [1.54, 1.807) is 0 Å². The van der Waals surface area contributed by atoms with Crippen LogP contribution >= 0.6 is 12.4 Å². The summed E-state index contributed by atoms with van der Waals surface area (Å²) in [5.74, 6) is 0.586. The molecular formula is C26H27ClN2O2. The second kappa shape index (κ2) is 10.5. The van der Waals surface area contributed by atoms with E-state index in [1.807, 2.05) is 60.7 Å². The fourth-order valence-electron chi connectivity index (χ4n) is 4.27. The van der Waals surface area contributed by atoms with Gasteiger partial charge < -0.3 is 9.84 Å². The third-order valence-corrected chi connectivity index (χ3v) is 5.87. The zero-order valence-corrected chi connectivity index (χ0v) is 18.4. The molecule has 0 radical (unpaired) electrons. The summed E-state index contributed by atoms with van der Waals surface area (Å²) >= 11 is 0. The van der Waals surface area contributed by atoms with Crippen molar-refractivity contribution in [3.05, 3.63) is 101 Å². The Morgan fingerprint density at radius 2 is 1.65 bits per heavy atom. The molecule has 0 unspecified atom stereocenters. The molecule has 1 N–H and O–H groups in total. The predicted molar refractivity (Wildman–Crippen MR) is 124 cm³/mol. The second-order valence-corrected chi connectivity index (χ2v) is 7.84. The van der Waals surface area contributed by atoms with E-state index < -0.39 is 6.10 Å². The summed E-state index contributed by atoms with van der Waals surface area (Å²) in [6.07, 6.45) is 0.924. The average molecular weight is 435 g/mol. The molecule has 0 amide bonds. The molecule has 4 rings (SSSR count). The lowest BCUT2D eigenvalue weighted by Crippen LogP contribution is -2.39. The van der Waals surface area contributed by atoms with Crippen molar-refractivity contribution in [1.29, 1.82) is 5.26 Å². The fourth-order valence-corrected chi connectivity index (χ4v) is 4.27. The maximum absolute atomic E-state index is 11.1. The van der Waals surface area contributed by atoms with E-state index in [9.17, 15) is 10.4 Å². The molecule has 0 bridgehead atoms. The zero-order valence-electron chi connectivity index (χ0n) is 17.6. The molecule has 5 heteroatoms.